The van der Waals surface area contributed by atoms with Gasteiger partial charge in [-0.3, -0.25) is 0 Å². The molecule has 1 saturated heterocycles. The van der Waals surface area contributed by atoms with E-state index < -0.39 is 29.8 Å². The van der Waals surface area contributed by atoms with Crippen molar-refractivity contribution in [1.82, 2.24) is 0 Å². The SMILES string of the molecule is CCOc1ccc(N[C@H]2OC[C@@H](O)[C@H](O)[C@H]2O)c([NH+]([O-])O)c1. The van der Waals surface area contributed by atoms with Crippen LogP contribution in [0.3, 0.4) is 0 Å². The molecule has 22 heavy (non-hydrogen) atoms. The molecule has 2 rings (SSSR count). The van der Waals surface area contributed by atoms with E-state index in [1.165, 1.54) is 12.1 Å². The topological polar surface area (TPSA) is 139 Å². The van der Waals surface area contributed by atoms with Gasteiger partial charge in [0.25, 0.3) is 0 Å². The third kappa shape index (κ3) is 3.65. The van der Waals surface area contributed by atoms with Gasteiger partial charge in [0.2, 0.25) is 0 Å². The monoisotopic (exact) mass is 316 g/mol. The number of aliphatic hydroxyl groups excluding tert-OH is 3. The highest BCUT2D eigenvalue weighted by Crippen LogP contribution is 2.27. The molecule has 0 spiro atoms. The van der Waals surface area contributed by atoms with Crippen LogP contribution in [-0.2, 0) is 4.74 Å². The van der Waals surface area contributed by atoms with Crippen LogP contribution in [0.25, 0.3) is 0 Å². The van der Waals surface area contributed by atoms with E-state index >= 15 is 0 Å². The smallest absolute Gasteiger partial charge is 0.190 e. The number of ether oxygens (including phenoxy) is 2. The summed E-state index contributed by atoms with van der Waals surface area (Å²) in [5.41, 5.74) is 0.158. The molecule has 0 saturated carbocycles. The number of quaternary nitrogens is 1. The number of nitrogens with one attached hydrogen (secondary N) is 2. The van der Waals surface area contributed by atoms with Gasteiger partial charge in [0, 0.05) is 6.07 Å². The van der Waals surface area contributed by atoms with Gasteiger partial charge >= 0.3 is 0 Å². The first-order valence-electron chi connectivity index (χ1n) is 6.86. The van der Waals surface area contributed by atoms with Crippen molar-refractivity contribution >= 4 is 11.4 Å². The maximum absolute atomic E-state index is 11.3. The molecule has 0 radical (unpaired) electrons. The Morgan fingerprint density at radius 1 is 1.36 bits per heavy atom. The van der Waals surface area contributed by atoms with Gasteiger partial charge in [-0.05, 0) is 19.1 Å². The van der Waals surface area contributed by atoms with Crippen LogP contribution >= 0.6 is 0 Å². The first-order chi connectivity index (χ1) is 10.4. The van der Waals surface area contributed by atoms with Gasteiger partial charge in [0.05, 0.1) is 13.2 Å². The van der Waals surface area contributed by atoms with E-state index in [0.29, 0.717) is 12.4 Å². The van der Waals surface area contributed by atoms with Crippen molar-refractivity contribution in [3.8, 4) is 5.75 Å². The summed E-state index contributed by atoms with van der Waals surface area (Å²) in [6.07, 6.45) is -4.99. The number of hydrogen-bond acceptors (Lipinski definition) is 8. The van der Waals surface area contributed by atoms with Gasteiger partial charge in [-0.2, -0.15) is 5.23 Å². The zero-order chi connectivity index (χ0) is 16.3. The Bertz CT molecular complexity index is 499. The third-order valence-corrected chi connectivity index (χ3v) is 3.33. The Balaban J connectivity index is 2.18. The van der Waals surface area contributed by atoms with Crippen LogP contribution in [0.5, 0.6) is 5.75 Å². The van der Waals surface area contributed by atoms with Crippen LogP contribution < -0.4 is 15.3 Å². The minimum absolute atomic E-state index is 0.0534. The molecular weight excluding hydrogens is 296 g/mol. The molecule has 1 aromatic rings. The summed E-state index contributed by atoms with van der Waals surface area (Å²) < 4.78 is 10.4. The summed E-state index contributed by atoms with van der Waals surface area (Å²) in [5.74, 6) is 0.408. The van der Waals surface area contributed by atoms with Crippen LogP contribution in [0.2, 0.25) is 0 Å². The fraction of sp³-hybridized carbons (Fsp3) is 0.538. The molecule has 0 aromatic heterocycles. The standard InChI is InChI=1S/C13H20N2O7/c1-2-21-7-3-4-8(9(5-7)15(19)20)14-13-12(18)11(17)10(16)6-22-13/h3-5,10-19H,2,6H2,1H3/t10-,11+,12-,13+/m1/s1. The first-order valence-corrected chi connectivity index (χ1v) is 6.86. The molecule has 124 valence electrons. The van der Waals surface area contributed by atoms with Gasteiger partial charge in [0.15, 0.2) is 11.9 Å². The molecule has 0 bridgehead atoms. The van der Waals surface area contributed by atoms with E-state index in [9.17, 15) is 25.7 Å². The van der Waals surface area contributed by atoms with Crippen LogP contribution in [0.4, 0.5) is 11.4 Å². The second-order valence-electron chi connectivity index (χ2n) is 4.89. The van der Waals surface area contributed by atoms with E-state index in [0.717, 1.165) is 0 Å². The molecule has 9 heteroatoms. The molecule has 5 atom stereocenters. The lowest BCUT2D eigenvalue weighted by molar-refractivity contribution is -0.990. The van der Waals surface area contributed by atoms with Gasteiger partial charge in [0.1, 0.15) is 29.7 Å². The summed E-state index contributed by atoms with van der Waals surface area (Å²) in [7, 11) is 0. The predicted molar refractivity (Wildman–Crippen MR) is 74.8 cm³/mol. The largest absolute Gasteiger partial charge is 0.595 e. The molecule has 1 fully saturated rings. The molecule has 1 aliphatic heterocycles. The number of anilines is 1. The highest BCUT2D eigenvalue weighted by Gasteiger charge is 2.38. The fourth-order valence-electron chi connectivity index (χ4n) is 2.17. The Kier molecular flexibility index (Phi) is 5.53. The second kappa shape index (κ2) is 7.20. The number of benzene rings is 1. The first kappa shape index (κ1) is 16.9. The lowest BCUT2D eigenvalue weighted by atomic mass is 10.0. The van der Waals surface area contributed by atoms with Gasteiger partial charge < -0.3 is 35.3 Å². The Labute approximate surface area is 126 Å². The van der Waals surface area contributed by atoms with Crippen molar-refractivity contribution in [3.63, 3.8) is 0 Å². The zero-order valence-corrected chi connectivity index (χ0v) is 12.0. The van der Waals surface area contributed by atoms with Crippen LogP contribution in [0, 0.1) is 5.21 Å². The van der Waals surface area contributed by atoms with Crippen LogP contribution in [0.15, 0.2) is 18.2 Å². The number of rotatable bonds is 5. The molecule has 1 aliphatic rings. The Hall–Kier alpha value is -1.46. The summed E-state index contributed by atoms with van der Waals surface area (Å²) in [6, 6.07) is 4.43. The molecule has 0 aliphatic carbocycles. The zero-order valence-electron chi connectivity index (χ0n) is 12.0. The van der Waals surface area contributed by atoms with Crippen molar-refractivity contribution in [2.75, 3.05) is 18.5 Å². The van der Waals surface area contributed by atoms with E-state index in [4.69, 9.17) is 9.47 Å². The van der Waals surface area contributed by atoms with Crippen LogP contribution in [0.1, 0.15) is 6.92 Å². The van der Waals surface area contributed by atoms with Crippen molar-refractivity contribution < 1.29 is 35.2 Å². The van der Waals surface area contributed by atoms with E-state index in [1.807, 2.05) is 0 Å². The number of aliphatic hydroxyl groups is 3. The molecular formula is C13H20N2O7. The minimum Gasteiger partial charge on any atom is -0.595 e. The Morgan fingerprint density at radius 3 is 2.73 bits per heavy atom. The Morgan fingerprint density at radius 2 is 2.09 bits per heavy atom. The fourth-order valence-corrected chi connectivity index (χ4v) is 2.17. The lowest BCUT2D eigenvalue weighted by Crippen LogP contribution is -2.99. The summed E-state index contributed by atoms with van der Waals surface area (Å²) in [4.78, 5) is 0. The van der Waals surface area contributed by atoms with E-state index in [2.05, 4.69) is 5.32 Å². The summed E-state index contributed by atoms with van der Waals surface area (Å²) >= 11 is 0. The highest BCUT2D eigenvalue weighted by atomic mass is 16.8. The van der Waals surface area contributed by atoms with E-state index in [1.54, 1.807) is 13.0 Å². The van der Waals surface area contributed by atoms with Crippen molar-refractivity contribution in [2.24, 2.45) is 0 Å². The second-order valence-corrected chi connectivity index (χ2v) is 4.89. The van der Waals surface area contributed by atoms with Crippen LogP contribution in [-0.4, -0.2) is 58.3 Å². The minimum atomic E-state index is -1.39. The van der Waals surface area contributed by atoms with Crippen molar-refractivity contribution in [3.05, 3.63) is 23.4 Å². The number of hydrogen-bond donors (Lipinski definition) is 6. The van der Waals surface area contributed by atoms with Crippen molar-refractivity contribution in [1.29, 1.82) is 0 Å². The van der Waals surface area contributed by atoms with E-state index in [-0.39, 0.29) is 18.0 Å². The average Bonchev–Trinajstić information content (AvgIpc) is 2.49. The average molecular weight is 316 g/mol. The van der Waals surface area contributed by atoms with Gasteiger partial charge in [-0.25, -0.2) is 5.21 Å². The molecule has 1 heterocycles. The van der Waals surface area contributed by atoms with Crippen molar-refractivity contribution in [2.45, 2.75) is 31.5 Å². The third-order valence-electron chi connectivity index (χ3n) is 3.33. The predicted octanol–water partition coefficient (Wildman–Crippen LogP) is -1.66. The molecule has 1 unspecified atom stereocenters. The highest BCUT2D eigenvalue weighted by molar-refractivity contribution is 5.64. The van der Waals surface area contributed by atoms with Gasteiger partial charge in [-0.15, -0.1) is 0 Å². The summed E-state index contributed by atoms with van der Waals surface area (Å²) in [5, 5.41) is 51.0. The normalized spacial score (nSPS) is 29.9. The quantitative estimate of drug-likeness (QED) is 0.355. The maximum atomic E-state index is 11.3. The molecule has 9 nitrogen and oxygen atoms in total. The maximum Gasteiger partial charge on any atom is 0.190 e. The molecule has 6 N–H and O–H groups in total. The summed E-state index contributed by atoms with van der Waals surface area (Å²) in [6.45, 7) is 2.02. The lowest BCUT2D eigenvalue weighted by Gasteiger charge is -2.36. The van der Waals surface area contributed by atoms with Gasteiger partial charge in [-0.1, -0.05) is 0 Å². The molecule has 0 amide bonds. The molecule has 1 aromatic carbocycles.